The summed E-state index contributed by atoms with van der Waals surface area (Å²) < 4.78 is 2.87. The number of aryl methyl sites for hydroxylation is 2. The molecule has 2 heterocycles. The predicted molar refractivity (Wildman–Crippen MR) is 76.3 cm³/mol. The Bertz CT molecular complexity index is 478. The number of nitrogens with zero attached hydrogens (tertiary/aromatic N) is 2. The molecule has 0 saturated carbocycles. The molecule has 6 heteroatoms. The highest BCUT2D eigenvalue weighted by atomic mass is 79.9. The number of nitrogens with one attached hydrogen (secondary N) is 1. The van der Waals surface area contributed by atoms with Crippen LogP contribution in [-0.2, 0) is 24.2 Å². The molecular weight excluding hydrogens is 310 g/mol. The van der Waals surface area contributed by atoms with Gasteiger partial charge in [0.1, 0.15) is 5.54 Å². The van der Waals surface area contributed by atoms with E-state index in [-0.39, 0.29) is 0 Å². The molecule has 0 aromatic carbocycles. The Morgan fingerprint density at radius 3 is 2.79 bits per heavy atom. The van der Waals surface area contributed by atoms with Gasteiger partial charge in [-0.15, -0.1) is 0 Å². The third kappa shape index (κ3) is 2.56. The molecule has 0 radical (unpaired) electrons. The van der Waals surface area contributed by atoms with Crippen molar-refractivity contribution in [2.75, 3.05) is 6.54 Å². The molecule has 1 aromatic heterocycles. The summed E-state index contributed by atoms with van der Waals surface area (Å²) in [5.74, 6) is -0.765. The van der Waals surface area contributed by atoms with E-state index in [1.165, 1.54) is 0 Å². The van der Waals surface area contributed by atoms with Crippen molar-refractivity contribution >= 4 is 21.9 Å². The SMILES string of the molecule is CCc1nn(CC)c(CC2(C(=O)O)CCCN2)c1Br. The molecule has 0 spiro atoms. The first-order valence-corrected chi connectivity index (χ1v) is 7.56. The molecule has 0 aliphatic carbocycles. The fraction of sp³-hybridized carbons (Fsp3) is 0.692. The first kappa shape index (κ1) is 14.5. The van der Waals surface area contributed by atoms with E-state index in [1.807, 2.05) is 11.6 Å². The fourth-order valence-electron chi connectivity index (χ4n) is 2.69. The molecule has 1 saturated heterocycles. The van der Waals surface area contributed by atoms with Crippen molar-refractivity contribution in [1.29, 1.82) is 0 Å². The topological polar surface area (TPSA) is 67.2 Å². The van der Waals surface area contributed by atoms with Crippen LogP contribution < -0.4 is 5.32 Å². The molecule has 1 aromatic rings. The lowest BCUT2D eigenvalue weighted by molar-refractivity contribution is -0.144. The summed E-state index contributed by atoms with van der Waals surface area (Å²) in [6, 6.07) is 0. The van der Waals surface area contributed by atoms with Crippen LogP contribution in [0.1, 0.15) is 38.1 Å². The van der Waals surface area contributed by atoms with Gasteiger partial charge in [-0.3, -0.25) is 9.48 Å². The summed E-state index contributed by atoms with van der Waals surface area (Å²) >= 11 is 3.58. The normalized spacial score (nSPS) is 22.9. The Morgan fingerprint density at radius 1 is 1.58 bits per heavy atom. The molecule has 1 aliphatic rings. The average molecular weight is 330 g/mol. The smallest absolute Gasteiger partial charge is 0.324 e. The predicted octanol–water partition coefficient (Wildman–Crippen LogP) is 1.98. The van der Waals surface area contributed by atoms with Crippen molar-refractivity contribution in [2.24, 2.45) is 0 Å². The van der Waals surface area contributed by atoms with Gasteiger partial charge in [-0.2, -0.15) is 5.10 Å². The lowest BCUT2D eigenvalue weighted by Crippen LogP contribution is -2.49. The maximum absolute atomic E-state index is 11.6. The number of halogens is 1. The lowest BCUT2D eigenvalue weighted by atomic mass is 9.91. The average Bonchev–Trinajstić information content (AvgIpc) is 2.97. The lowest BCUT2D eigenvalue weighted by Gasteiger charge is -2.24. The second-order valence-electron chi connectivity index (χ2n) is 4.97. The van der Waals surface area contributed by atoms with Gasteiger partial charge >= 0.3 is 5.97 Å². The van der Waals surface area contributed by atoms with Crippen LogP contribution in [0.5, 0.6) is 0 Å². The summed E-state index contributed by atoms with van der Waals surface area (Å²) in [4.78, 5) is 11.6. The van der Waals surface area contributed by atoms with Crippen LogP contribution >= 0.6 is 15.9 Å². The van der Waals surface area contributed by atoms with Crippen LogP contribution in [0.3, 0.4) is 0 Å². The van der Waals surface area contributed by atoms with E-state index in [0.717, 1.165) is 41.8 Å². The highest BCUT2D eigenvalue weighted by Crippen LogP contribution is 2.30. The molecule has 2 N–H and O–H groups in total. The summed E-state index contributed by atoms with van der Waals surface area (Å²) in [5.41, 5.74) is 1.15. The molecule has 19 heavy (non-hydrogen) atoms. The van der Waals surface area contributed by atoms with Crippen molar-refractivity contribution in [3.63, 3.8) is 0 Å². The minimum Gasteiger partial charge on any atom is -0.480 e. The standard InChI is InChI=1S/C13H20BrN3O2/c1-3-9-11(14)10(17(4-2)16-9)8-13(12(18)19)6-5-7-15-13/h15H,3-8H2,1-2H3,(H,18,19). The van der Waals surface area contributed by atoms with E-state index in [1.54, 1.807) is 0 Å². The van der Waals surface area contributed by atoms with E-state index in [4.69, 9.17) is 0 Å². The molecule has 5 nitrogen and oxygen atoms in total. The van der Waals surface area contributed by atoms with Crippen molar-refractivity contribution in [1.82, 2.24) is 15.1 Å². The quantitative estimate of drug-likeness (QED) is 0.866. The van der Waals surface area contributed by atoms with Crippen LogP contribution in [-0.4, -0.2) is 32.9 Å². The van der Waals surface area contributed by atoms with Gasteiger partial charge in [-0.25, -0.2) is 0 Å². The zero-order valence-corrected chi connectivity index (χ0v) is 13.0. The summed E-state index contributed by atoms with van der Waals surface area (Å²) in [7, 11) is 0. The van der Waals surface area contributed by atoms with Crippen LogP contribution in [0.4, 0.5) is 0 Å². The minimum absolute atomic E-state index is 0.476. The van der Waals surface area contributed by atoms with E-state index in [2.05, 4.69) is 33.3 Å². The second-order valence-corrected chi connectivity index (χ2v) is 5.76. The van der Waals surface area contributed by atoms with E-state index in [0.29, 0.717) is 12.8 Å². The van der Waals surface area contributed by atoms with Crippen molar-refractivity contribution in [2.45, 2.75) is 51.6 Å². The highest BCUT2D eigenvalue weighted by molar-refractivity contribution is 9.10. The monoisotopic (exact) mass is 329 g/mol. The number of hydrogen-bond donors (Lipinski definition) is 2. The zero-order chi connectivity index (χ0) is 14.0. The van der Waals surface area contributed by atoms with Gasteiger partial charge in [-0.05, 0) is 48.7 Å². The Morgan fingerprint density at radius 2 is 2.32 bits per heavy atom. The molecule has 0 amide bonds. The first-order chi connectivity index (χ1) is 9.04. The van der Waals surface area contributed by atoms with E-state index >= 15 is 0 Å². The number of carbonyl (C=O) groups is 1. The van der Waals surface area contributed by atoms with E-state index < -0.39 is 11.5 Å². The third-order valence-corrected chi connectivity index (χ3v) is 4.73. The molecular formula is C13H20BrN3O2. The molecule has 106 valence electrons. The Kier molecular flexibility index (Phi) is 4.30. The maximum atomic E-state index is 11.6. The Labute approximate surface area is 121 Å². The summed E-state index contributed by atoms with van der Waals surface area (Å²) in [6.07, 6.45) is 2.90. The van der Waals surface area contributed by atoms with Gasteiger partial charge in [0.15, 0.2) is 0 Å². The third-order valence-electron chi connectivity index (χ3n) is 3.82. The van der Waals surface area contributed by atoms with Crippen LogP contribution in [0.25, 0.3) is 0 Å². The molecule has 1 atom stereocenters. The van der Waals surface area contributed by atoms with Gasteiger partial charge in [0.25, 0.3) is 0 Å². The second kappa shape index (κ2) is 5.63. The number of aromatic nitrogens is 2. The number of aliphatic carboxylic acids is 1. The highest BCUT2D eigenvalue weighted by Gasteiger charge is 2.42. The van der Waals surface area contributed by atoms with Crippen molar-refractivity contribution < 1.29 is 9.90 Å². The van der Waals surface area contributed by atoms with Gasteiger partial charge in [0, 0.05) is 13.0 Å². The van der Waals surface area contributed by atoms with Crippen molar-refractivity contribution in [3.8, 4) is 0 Å². The van der Waals surface area contributed by atoms with Crippen LogP contribution in [0, 0.1) is 0 Å². The minimum atomic E-state index is -0.833. The number of hydrogen-bond acceptors (Lipinski definition) is 3. The van der Waals surface area contributed by atoms with Crippen LogP contribution in [0.15, 0.2) is 4.47 Å². The van der Waals surface area contributed by atoms with Gasteiger partial charge in [0.2, 0.25) is 0 Å². The number of rotatable bonds is 5. The number of carboxylic acid groups (broad SMARTS) is 1. The van der Waals surface area contributed by atoms with E-state index in [9.17, 15) is 9.90 Å². The Balaban J connectivity index is 2.36. The largest absolute Gasteiger partial charge is 0.480 e. The maximum Gasteiger partial charge on any atom is 0.324 e. The summed E-state index contributed by atoms with van der Waals surface area (Å²) in [6.45, 7) is 5.60. The molecule has 0 bridgehead atoms. The molecule has 2 rings (SSSR count). The first-order valence-electron chi connectivity index (χ1n) is 6.76. The fourth-order valence-corrected chi connectivity index (χ4v) is 3.39. The van der Waals surface area contributed by atoms with Gasteiger partial charge < -0.3 is 10.4 Å². The van der Waals surface area contributed by atoms with Crippen LogP contribution in [0.2, 0.25) is 0 Å². The molecule has 1 fully saturated rings. The van der Waals surface area contributed by atoms with Crippen molar-refractivity contribution in [3.05, 3.63) is 15.9 Å². The summed E-state index contributed by atoms with van der Waals surface area (Å²) in [5, 5.41) is 17.2. The Hall–Kier alpha value is -0.880. The zero-order valence-electron chi connectivity index (χ0n) is 11.4. The van der Waals surface area contributed by atoms with Gasteiger partial charge in [-0.1, -0.05) is 6.92 Å². The number of carboxylic acids is 1. The molecule has 1 aliphatic heterocycles. The van der Waals surface area contributed by atoms with Gasteiger partial charge in [0.05, 0.1) is 15.9 Å². The molecule has 1 unspecified atom stereocenters.